The molecule has 3 heterocycles. The van der Waals surface area contributed by atoms with Gasteiger partial charge in [-0.1, -0.05) is 18.2 Å². The molecule has 0 bridgehead atoms. The number of aliphatic hydroxyl groups is 2. The predicted octanol–water partition coefficient (Wildman–Crippen LogP) is 3.38. The van der Waals surface area contributed by atoms with Crippen molar-refractivity contribution in [2.75, 3.05) is 45.8 Å². The van der Waals surface area contributed by atoms with Crippen molar-refractivity contribution in [2.24, 2.45) is 0 Å². The third-order valence-electron chi connectivity index (χ3n) is 6.92. The SMILES string of the molecule is COc1cc(C2(O)CCN(CCF)CC2O)ccc1Nc1ncc2ccc(-c3ccccc3OC)n2n1. The van der Waals surface area contributed by atoms with Crippen LogP contribution in [0.2, 0.25) is 0 Å². The Labute approximate surface area is 214 Å². The number of halogens is 1. The lowest BCUT2D eigenvalue weighted by molar-refractivity contribution is -0.125. The number of rotatable bonds is 8. The van der Waals surface area contributed by atoms with E-state index >= 15 is 0 Å². The molecule has 194 valence electrons. The van der Waals surface area contributed by atoms with Crippen LogP contribution in [0.4, 0.5) is 16.0 Å². The Morgan fingerprint density at radius 1 is 1.11 bits per heavy atom. The molecule has 10 heteroatoms. The first-order valence-corrected chi connectivity index (χ1v) is 12.1. The number of hydrogen-bond acceptors (Lipinski definition) is 8. The first-order chi connectivity index (χ1) is 18.0. The van der Waals surface area contributed by atoms with Crippen LogP contribution < -0.4 is 14.8 Å². The minimum Gasteiger partial charge on any atom is -0.496 e. The maximum Gasteiger partial charge on any atom is 0.245 e. The molecule has 2 aromatic carbocycles. The number of aliphatic hydroxyl groups excluding tert-OH is 1. The number of benzene rings is 2. The smallest absolute Gasteiger partial charge is 0.245 e. The van der Waals surface area contributed by atoms with Gasteiger partial charge in [-0.25, -0.2) is 13.9 Å². The second kappa shape index (κ2) is 10.3. The number of aromatic nitrogens is 3. The molecule has 0 radical (unpaired) electrons. The Morgan fingerprint density at radius 3 is 2.68 bits per heavy atom. The number of nitrogens with zero attached hydrogens (tertiary/aromatic N) is 4. The van der Waals surface area contributed by atoms with Crippen molar-refractivity contribution < 1.29 is 24.1 Å². The molecule has 0 spiro atoms. The van der Waals surface area contributed by atoms with Crippen LogP contribution in [0.3, 0.4) is 0 Å². The third-order valence-corrected chi connectivity index (χ3v) is 6.92. The van der Waals surface area contributed by atoms with Crippen molar-refractivity contribution in [2.45, 2.75) is 18.1 Å². The molecule has 2 unspecified atom stereocenters. The normalized spacial score (nSPS) is 20.2. The van der Waals surface area contributed by atoms with Crippen LogP contribution in [0.15, 0.2) is 60.8 Å². The minimum absolute atomic E-state index is 0.196. The zero-order chi connectivity index (χ0) is 26.0. The molecule has 1 saturated heterocycles. The van der Waals surface area contributed by atoms with E-state index in [1.165, 1.54) is 7.11 Å². The fourth-order valence-electron chi connectivity index (χ4n) is 4.84. The molecule has 37 heavy (non-hydrogen) atoms. The van der Waals surface area contributed by atoms with Crippen molar-refractivity contribution in [1.82, 2.24) is 19.5 Å². The molecule has 1 aliphatic heterocycles. The zero-order valence-electron chi connectivity index (χ0n) is 20.8. The second-order valence-electron chi connectivity index (χ2n) is 9.06. The molecule has 2 aromatic heterocycles. The van der Waals surface area contributed by atoms with Gasteiger partial charge in [-0.15, -0.1) is 5.10 Å². The topological polar surface area (TPSA) is 104 Å². The molecule has 5 rings (SSSR count). The summed E-state index contributed by atoms with van der Waals surface area (Å²) in [6.45, 7) is 0.432. The molecular formula is C27H30FN5O4. The fourth-order valence-corrected chi connectivity index (χ4v) is 4.84. The summed E-state index contributed by atoms with van der Waals surface area (Å²) in [7, 11) is 3.17. The molecule has 3 N–H and O–H groups in total. The van der Waals surface area contributed by atoms with E-state index in [0.717, 1.165) is 22.5 Å². The highest BCUT2D eigenvalue weighted by atomic mass is 19.1. The highest BCUT2D eigenvalue weighted by Gasteiger charge is 2.42. The average Bonchev–Trinajstić information content (AvgIpc) is 3.34. The van der Waals surface area contributed by atoms with Gasteiger partial charge in [-0.2, -0.15) is 0 Å². The van der Waals surface area contributed by atoms with Gasteiger partial charge in [-0.05, 0) is 48.4 Å². The van der Waals surface area contributed by atoms with E-state index in [2.05, 4.69) is 15.4 Å². The number of para-hydroxylation sites is 1. The Morgan fingerprint density at radius 2 is 1.92 bits per heavy atom. The van der Waals surface area contributed by atoms with E-state index in [0.29, 0.717) is 29.5 Å². The van der Waals surface area contributed by atoms with E-state index < -0.39 is 18.4 Å². The van der Waals surface area contributed by atoms with Gasteiger partial charge in [0.05, 0.1) is 43.4 Å². The Bertz CT molecular complexity index is 1400. The molecule has 9 nitrogen and oxygen atoms in total. The lowest BCUT2D eigenvalue weighted by Gasteiger charge is -2.42. The fraction of sp³-hybridized carbons (Fsp3) is 0.333. The van der Waals surface area contributed by atoms with Crippen LogP contribution in [-0.2, 0) is 5.60 Å². The molecular weight excluding hydrogens is 477 g/mol. The van der Waals surface area contributed by atoms with Gasteiger partial charge in [0.1, 0.15) is 23.8 Å². The summed E-state index contributed by atoms with van der Waals surface area (Å²) in [4.78, 5) is 6.24. The number of anilines is 2. The minimum atomic E-state index is -1.46. The van der Waals surface area contributed by atoms with Crippen molar-refractivity contribution in [3.8, 4) is 22.8 Å². The third kappa shape index (κ3) is 4.71. The number of piperidine rings is 1. The summed E-state index contributed by atoms with van der Waals surface area (Å²) in [6, 6.07) is 16.8. The van der Waals surface area contributed by atoms with E-state index in [9.17, 15) is 14.6 Å². The number of fused-ring (bicyclic) bond motifs is 1. The summed E-state index contributed by atoms with van der Waals surface area (Å²) in [5, 5.41) is 29.8. The molecule has 0 aliphatic carbocycles. The number of likely N-dealkylation sites (tertiary alicyclic amines) is 1. The molecule has 2 atom stereocenters. The number of nitrogens with one attached hydrogen (secondary N) is 1. The van der Waals surface area contributed by atoms with E-state index in [4.69, 9.17) is 9.47 Å². The van der Waals surface area contributed by atoms with Gasteiger partial charge < -0.3 is 25.0 Å². The van der Waals surface area contributed by atoms with Crippen LogP contribution in [0.25, 0.3) is 16.8 Å². The van der Waals surface area contributed by atoms with Crippen LogP contribution in [0.5, 0.6) is 11.5 Å². The number of ether oxygens (including phenoxy) is 2. The van der Waals surface area contributed by atoms with Crippen molar-refractivity contribution >= 4 is 17.2 Å². The van der Waals surface area contributed by atoms with Crippen LogP contribution in [0.1, 0.15) is 12.0 Å². The van der Waals surface area contributed by atoms with Crippen molar-refractivity contribution in [3.63, 3.8) is 0 Å². The average molecular weight is 508 g/mol. The van der Waals surface area contributed by atoms with Crippen LogP contribution in [-0.4, -0.2) is 76.3 Å². The lowest BCUT2D eigenvalue weighted by atomic mass is 9.82. The number of hydrogen-bond donors (Lipinski definition) is 3. The largest absolute Gasteiger partial charge is 0.496 e. The van der Waals surface area contributed by atoms with Gasteiger partial charge >= 0.3 is 0 Å². The maximum absolute atomic E-state index is 12.7. The Balaban J connectivity index is 1.43. The standard InChI is InChI=1S/C27H30FN5O4/c1-36-23-6-4-3-5-20(23)22-10-8-19-16-29-26(31-33(19)22)30-21-9-7-18(15-24(21)37-2)27(35)11-13-32(14-12-28)17-25(27)34/h3-10,15-16,25,34-35H,11-14,17H2,1-2H3,(H,30,31). The van der Waals surface area contributed by atoms with Gasteiger partial charge in [0, 0.05) is 25.2 Å². The predicted molar refractivity (Wildman–Crippen MR) is 138 cm³/mol. The maximum atomic E-state index is 12.7. The number of methoxy groups -OCH3 is 2. The lowest BCUT2D eigenvalue weighted by Crippen LogP contribution is -2.53. The highest BCUT2D eigenvalue weighted by molar-refractivity contribution is 5.72. The first kappa shape index (κ1) is 24.9. The first-order valence-electron chi connectivity index (χ1n) is 12.1. The highest BCUT2D eigenvalue weighted by Crippen LogP contribution is 2.38. The Kier molecular flexibility index (Phi) is 6.96. The van der Waals surface area contributed by atoms with E-state index in [1.807, 2.05) is 36.4 Å². The van der Waals surface area contributed by atoms with Gasteiger partial charge in [-0.3, -0.25) is 4.90 Å². The summed E-state index contributed by atoms with van der Waals surface area (Å²) >= 11 is 0. The summed E-state index contributed by atoms with van der Waals surface area (Å²) in [5.74, 6) is 1.55. The van der Waals surface area contributed by atoms with E-state index in [1.54, 1.807) is 40.9 Å². The molecule has 1 fully saturated rings. The van der Waals surface area contributed by atoms with Gasteiger partial charge in [0.2, 0.25) is 5.95 Å². The molecule has 0 saturated carbocycles. The van der Waals surface area contributed by atoms with E-state index in [-0.39, 0.29) is 19.5 Å². The molecule has 4 aromatic rings. The zero-order valence-corrected chi connectivity index (χ0v) is 20.8. The quantitative estimate of drug-likeness (QED) is 0.334. The number of alkyl halides is 1. The number of β-amino-alcohol motifs (C(OH)–C–C–N with tert-alkyl or cyclic N) is 1. The Hall–Kier alpha value is -3.73. The second-order valence-corrected chi connectivity index (χ2v) is 9.06. The summed E-state index contributed by atoms with van der Waals surface area (Å²) in [5.41, 5.74) is 2.26. The summed E-state index contributed by atoms with van der Waals surface area (Å²) < 4.78 is 25.6. The van der Waals surface area contributed by atoms with Gasteiger partial charge in [0.25, 0.3) is 0 Å². The van der Waals surface area contributed by atoms with Gasteiger partial charge in [0.15, 0.2) is 0 Å². The van der Waals surface area contributed by atoms with Crippen LogP contribution in [0, 0.1) is 0 Å². The van der Waals surface area contributed by atoms with Crippen molar-refractivity contribution in [3.05, 3.63) is 66.4 Å². The monoisotopic (exact) mass is 507 g/mol. The summed E-state index contributed by atoms with van der Waals surface area (Å²) in [6.07, 6.45) is 0.951. The molecule has 0 amide bonds. The van der Waals surface area contributed by atoms with Crippen molar-refractivity contribution in [1.29, 1.82) is 0 Å². The van der Waals surface area contributed by atoms with Crippen LogP contribution >= 0.6 is 0 Å². The molecule has 1 aliphatic rings.